The number of esters is 1. The SMILES string of the molecule is CCc1cc2cnc(Nc3ccc(OC(=O)[C@@H]4CCCN4)cn3)nc2n(C2CCCC2)c1=O. The van der Waals surface area contributed by atoms with Crippen LogP contribution in [-0.2, 0) is 11.2 Å². The zero-order chi connectivity index (χ0) is 22.8. The quantitative estimate of drug-likeness (QED) is 0.553. The molecular formula is C24H28N6O3. The van der Waals surface area contributed by atoms with Gasteiger partial charge in [-0.05, 0) is 56.8 Å². The molecule has 172 valence electrons. The van der Waals surface area contributed by atoms with Gasteiger partial charge < -0.3 is 15.4 Å². The first-order valence-electron chi connectivity index (χ1n) is 11.7. The van der Waals surface area contributed by atoms with Crippen LogP contribution in [0.5, 0.6) is 5.75 Å². The molecule has 0 bridgehead atoms. The largest absolute Gasteiger partial charge is 0.424 e. The Balaban J connectivity index is 1.38. The van der Waals surface area contributed by atoms with E-state index in [4.69, 9.17) is 4.74 Å². The van der Waals surface area contributed by atoms with Crippen LogP contribution in [0.1, 0.15) is 57.1 Å². The van der Waals surface area contributed by atoms with Gasteiger partial charge in [0.15, 0.2) is 0 Å². The fourth-order valence-electron chi connectivity index (χ4n) is 4.69. The summed E-state index contributed by atoms with van der Waals surface area (Å²) in [6, 6.07) is 5.22. The molecule has 3 aromatic heterocycles. The van der Waals surface area contributed by atoms with Crippen molar-refractivity contribution in [2.75, 3.05) is 11.9 Å². The molecule has 5 rings (SSSR count). The highest BCUT2D eigenvalue weighted by molar-refractivity contribution is 5.78. The predicted molar refractivity (Wildman–Crippen MR) is 125 cm³/mol. The highest BCUT2D eigenvalue weighted by atomic mass is 16.5. The Labute approximate surface area is 191 Å². The molecule has 2 fully saturated rings. The predicted octanol–water partition coefficient (Wildman–Crippen LogP) is 3.27. The number of nitrogens with zero attached hydrogens (tertiary/aromatic N) is 4. The third-order valence-electron chi connectivity index (χ3n) is 6.46. The summed E-state index contributed by atoms with van der Waals surface area (Å²) in [7, 11) is 0. The Morgan fingerprint density at radius 1 is 1.18 bits per heavy atom. The number of pyridine rings is 2. The normalized spacial score (nSPS) is 18.6. The number of carbonyl (C=O) groups is 1. The fourth-order valence-corrected chi connectivity index (χ4v) is 4.69. The van der Waals surface area contributed by atoms with E-state index in [2.05, 4.69) is 25.6 Å². The number of aryl methyl sites for hydroxylation is 1. The molecule has 0 amide bonds. The summed E-state index contributed by atoms with van der Waals surface area (Å²) in [5.74, 6) is 0.989. The van der Waals surface area contributed by atoms with Gasteiger partial charge in [-0.15, -0.1) is 0 Å². The van der Waals surface area contributed by atoms with Gasteiger partial charge in [0.05, 0.1) is 6.20 Å². The monoisotopic (exact) mass is 448 g/mol. The van der Waals surface area contributed by atoms with Crippen molar-refractivity contribution in [3.8, 4) is 5.75 Å². The number of fused-ring (bicyclic) bond motifs is 1. The van der Waals surface area contributed by atoms with Crippen molar-refractivity contribution in [3.05, 3.63) is 46.5 Å². The van der Waals surface area contributed by atoms with E-state index in [0.717, 1.165) is 56.0 Å². The maximum Gasteiger partial charge on any atom is 0.328 e. The van der Waals surface area contributed by atoms with Crippen LogP contribution in [0.4, 0.5) is 11.8 Å². The standard InChI is InChI=1S/C24H28N6O3/c1-2-15-12-16-13-27-24(29-21(16)30(22(15)31)17-6-3-4-7-17)28-20-10-9-18(14-26-20)33-23(32)19-8-5-11-25-19/h9-10,12-14,17,19,25H,2-8,11H2,1H3,(H,26,27,28,29)/t19-/m0/s1. The summed E-state index contributed by atoms with van der Waals surface area (Å²) >= 11 is 0. The van der Waals surface area contributed by atoms with E-state index in [1.165, 1.54) is 6.20 Å². The van der Waals surface area contributed by atoms with Crippen LogP contribution in [0.15, 0.2) is 35.4 Å². The van der Waals surface area contributed by atoms with E-state index >= 15 is 0 Å². The van der Waals surface area contributed by atoms with Crippen LogP contribution in [0.25, 0.3) is 11.0 Å². The van der Waals surface area contributed by atoms with Gasteiger partial charge >= 0.3 is 5.97 Å². The molecule has 1 saturated carbocycles. The van der Waals surface area contributed by atoms with Gasteiger partial charge in [0.25, 0.3) is 5.56 Å². The fraction of sp³-hybridized carbons (Fsp3) is 0.458. The third-order valence-corrected chi connectivity index (χ3v) is 6.46. The molecule has 0 aromatic carbocycles. The zero-order valence-corrected chi connectivity index (χ0v) is 18.7. The average molecular weight is 449 g/mol. The number of aromatic nitrogens is 4. The van der Waals surface area contributed by atoms with Crippen molar-refractivity contribution in [2.24, 2.45) is 0 Å². The summed E-state index contributed by atoms with van der Waals surface area (Å²) in [4.78, 5) is 38.7. The van der Waals surface area contributed by atoms with Crippen molar-refractivity contribution < 1.29 is 9.53 Å². The van der Waals surface area contributed by atoms with Gasteiger partial charge in [-0.25, -0.2) is 14.8 Å². The molecule has 2 aliphatic rings. The first-order chi connectivity index (χ1) is 16.1. The van der Waals surface area contributed by atoms with Crippen molar-refractivity contribution in [1.29, 1.82) is 0 Å². The lowest BCUT2D eigenvalue weighted by atomic mass is 10.1. The highest BCUT2D eigenvalue weighted by Gasteiger charge is 2.24. The first kappa shape index (κ1) is 21.5. The van der Waals surface area contributed by atoms with Gasteiger partial charge in [-0.2, -0.15) is 4.98 Å². The van der Waals surface area contributed by atoms with Gasteiger partial charge in [0, 0.05) is 23.2 Å². The Bertz CT molecular complexity index is 1210. The van der Waals surface area contributed by atoms with Crippen molar-refractivity contribution in [3.63, 3.8) is 0 Å². The zero-order valence-electron chi connectivity index (χ0n) is 18.7. The number of anilines is 2. The molecule has 2 N–H and O–H groups in total. The Hall–Kier alpha value is -3.33. The van der Waals surface area contributed by atoms with Crippen molar-refractivity contribution in [2.45, 2.75) is 64.0 Å². The average Bonchev–Trinajstić information content (AvgIpc) is 3.55. The van der Waals surface area contributed by atoms with Crippen LogP contribution in [0.2, 0.25) is 0 Å². The lowest BCUT2D eigenvalue weighted by molar-refractivity contribution is -0.136. The maximum absolute atomic E-state index is 13.1. The lowest BCUT2D eigenvalue weighted by Gasteiger charge is -2.18. The van der Waals surface area contributed by atoms with Crippen LogP contribution >= 0.6 is 0 Å². The molecule has 1 saturated heterocycles. The van der Waals surface area contributed by atoms with Crippen LogP contribution in [0.3, 0.4) is 0 Å². The minimum absolute atomic E-state index is 0.0441. The second-order valence-corrected chi connectivity index (χ2v) is 8.68. The molecule has 9 nitrogen and oxygen atoms in total. The van der Waals surface area contributed by atoms with E-state index in [0.29, 0.717) is 29.6 Å². The van der Waals surface area contributed by atoms with E-state index in [9.17, 15) is 9.59 Å². The van der Waals surface area contributed by atoms with E-state index in [1.807, 2.05) is 17.6 Å². The molecule has 0 radical (unpaired) electrons. The number of ether oxygens (including phenoxy) is 1. The number of rotatable bonds is 6. The van der Waals surface area contributed by atoms with Gasteiger partial charge in [0.1, 0.15) is 23.3 Å². The Kier molecular flexibility index (Phi) is 6.04. The molecule has 33 heavy (non-hydrogen) atoms. The number of hydrogen-bond donors (Lipinski definition) is 2. The molecule has 3 aromatic rings. The molecule has 1 atom stereocenters. The summed E-state index contributed by atoms with van der Waals surface area (Å²) < 4.78 is 7.27. The molecule has 1 aliphatic carbocycles. The second kappa shape index (κ2) is 9.27. The lowest BCUT2D eigenvalue weighted by Crippen LogP contribution is -2.34. The third kappa shape index (κ3) is 4.45. The molecule has 9 heteroatoms. The van der Waals surface area contributed by atoms with Gasteiger partial charge in [-0.1, -0.05) is 19.8 Å². The second-order valence-electron chi connectivity index (χ2n) is 8.68. The number of hydrogen-bond acceptors (Lipinski definition) is 8. The molecular weight excluding hydrogens is 420 g/mol. The van der Waals surface area contributed by atoms with E-state index < -0.39 is 0 Å². The number of carbonyl (C=O) groups excluding carboxylic acids is 1. The summed E-state index contributed by atoms with van der Waals surface area (Å²) in [5.41, 5.74) is 1.48. The molecule has 1 aliphatic heterocycles. The van der Waals surface area contributed by atoms with Crippen molar-refractivity contribution in [1.82, 2.24) is 24.8 Å². The smallest absolute Gasteiger partial charge is 0.328 e. The van der Waals surface area contributed by atoms with Crippen LogP contribution in [-0.4, -0.2) is 38.1 Å². The highest BCUT2D eigenvalue weighted by Crippen LogP contribution is 2.31. The first-order valence-corrected chi connectivity index (χ1v) is 11.7. The number of nitrogens with one attached hydrogen (secondary N) is 2. The van der Waals surface area contributed by atoms with Crippen molar-refractivity contribution >= 4 is 28.8 Å². The summed E-state index contributed by atoms with van der Waals surface area (Å²) in [5, 5.41) is 7.08. The molecule has 4 heterocycles. The molecule has 0 spiro atoms. The minimum atomic E-state index is -0.288. The minimum Gasteiger partial charge on any atom is -0.424 e. The van der Waals surface area contributed by atoms with E-state index in [1.54, 1.807) is 18.3 Å². The summed E-state index contributed by atoms with van der Waals surface area (Å²) in [6.45, 7) is 2.83. The van der Waals surface area contributed by atoms with Crippen LogP contribution in [0, 0.1) is 0 Å². The topological polar surface area (TPSA) is 111 Å². The summed E-state index contributed by atoms with van der Waals surface area (Å²) in [6.07, 6.45) is 9.93. The molecule has 0 unspecified atom stereocenters. The maximum atomic E-state index is 13.1. The Morgan fingerprint density at radius 2 is 2.03 bits per heavy atom. The van der Waals surface area contributed by atoms with Crippen LogP contribution < -0.4 is 20.9 Å². The van der Waals surface area contributed by atoms with Gasteiger partial charge in [-0.3, -0.25) is 9.36 Å². The van der Waals surface area contributed by atoms with E-state index in [-0.39, 0.29) is 23.6 Å². The van der Waals surface area contributed by atoms with Gasteiger partial charge in [0.2, 0.25) is 5.95 Å². The Morgan fingerprint density at radius 3 is 2.73 bits per heavy atom.